The predicted molar refractivity (Wildman–Crippen MR) is 45.6 cm³/mol. The fourth-order valence-corrected chi connectivity index (χ4v) is 0.657. The van der Waals surface area contributed by atoms with E-state index in [0.717, 1.165) is 0 Å². The van der Waals surface area contributed by atoms with Crippen molar-refractivity contribution in [1.29, 1.82) is 0 Å². The first-order chi connectivity index (χ1) is 5.74. The largest absolute Gasteiger partial charge is 0.354 e. The molecule has 0 unspecified atom stereocenters. The Hall–Kier alpha value is -0.870. The summed E-state index contributed by atoms with van der Waals surface area (Å²) in [5.74, 6) is -0.142. The zero-order valence-electron chi connectivity index (χ0n) is 7.66. The van der Waals surface area contributed by atoms with Crippen LogP contribution in [0.15, 0.2) is 12.2 Å². The molecule has 0 rings (SSSR count). The Labute approximate surface area is 72.5 Å². The molecule has 4 nitrogen and oxygen atoms in total. The number of carbonyl (C=O) groups excluding carboxylic acids is 1. The number of ether oxygens (including phenoxy) is 2. The van der Waals surface area contributed by atoms with Gasteiger partial charge in [-0.2, -0.15) is 0 Å². The lowest BCUT2D eigenvalue weighted by Crippen LogP contribution is -2.33. The summed E-state index contributed by atoms with van der Waals surface area (Å²) in [4.78, 5) is 10.9. The molecule has 0 aliphatic heterocycles. The molecule has 0 aliphatic carbocycles. The van der Waals surface area contributed by atoms with Crippen LogP contribution >= 0.6 is 0 Å². The van der Waals surface area contributed by atoms with Crippen LogP contribution in [-0.2, 0) is 14.3 Å². The average Bonchev–Trinajstić information content (AvgIpc) is 2.07. The Bertz CT molecular complexity index is 152. The number of amides is 1. The predicted octanol–water partition coefficient (Wildman–Crippen LogP) is 0.298. The Balaban J connectivity index is 3.58. The Morgan fingerprint density at radius 2 is 2.08 bits per heavy atom. The SMILES string of the molecule is CC=CC(=O)NCC(OC)OC. The Morgan fingerprint density at radius 1 is 1.50 bits per heavy atom. The van der Waals surface area contributed by atoms with Gasteiger partial charge in [-0.15, -0.1) is 0 Å². The zero-order chi connectivity index (χ0) is 9.40. The lowest BCUT2D eigenvalue weighted by Gasteiger charge is -2.12. The van der Waals surface area contributed by atoms with Crippen LogP contribution in [0.5, 0.6) is 0 Å². The summed E-state index contributed by atoms with van der Waals surface area (Å²) in [6.45, 7) is 2.14. The minimum absolute atomic E-state index is 0.142. The topological polar surface area (TPSA) is 47.6 Å². The van der Waals surface area contributed by atoms with Crippen molar-refractivity contribution in [2.75, 3.05) is 20.8 Å². The molecular formula is C8H15NO3. The standard InChI is InChI=1S/C8H15NO3/c1-4-5-7(10)9-6-8(11-2)12-3/h4-5,8H,6H2,1-3H3,(H,9,10). The molecular weight excluding hydrogens is 158 g/mol. The summed E-state index contributed by atoms with van der Waals surface area (Å²) >= 11 is 0. The van der Waals surface area contributed by atoms with Gasteiger partial charge in [-0.3, -0.25) is 4.79 Å². The van der Waals surface area contributed by atoms with Gasteiger partial charge in [0.1, 0.15) is 0 Å². The molecule has 0 aromatic carbocycles. The second kappa shape index (κ2) is 6.82. The van der Waals surface area contributed by atoms with Crippen molar-refractivity contribution in [1.82, 2.24) is 5.32 Å². The fourth-order valence-electron chi connectivity index (χ4n) is 0.657. The number of carbonyl (C=O) groups is 1. The van der Waals surface area contributed by atoms with Gasteiger partial charge in [0, 0.05) is 14.2 Å². The van der Waals surface area contributed by atoms with E-state index in [2.05, 4.69) is 5.32 Å². The fraction of sp³-hybridized carbons (Fsp3) is 0.625. The van der Waals surface area contributed by atoms with Crippen molar-refractivity contribution >= 4 is 5.91 Å². The Morgan fingerprint density at radius 3 is 2.50 bits per heavy atom. The van der Waals surface area contributed by atoms with Gasteiger partial charge in [0.25, 0.3) is 0 Å². The smallest absolute Gasteiger partial charge is 0.243 e. The van der Waals surface area contributed by atoms with Crippen LogP contribution in [0.3, 0.4) is 0 Å². The van der Waals surface area contributed by atoms with E-state index in [4.69, 9.17) is 9.47 Å². The third-order valence-corrected chi connectivity index (χ3v) is 1.29. The van der Waals surface area contributed by atoms with Gasteiger partial charge in [-0.1, -0.05) is 6.08 Å². The van der Waals surface area contributed by atoms with Crippen molar-refractivity contribution in [3.05, 3.63) is 12.2 Å². The van der Waals surface area contributed by atoms with E-state index in [9.17, 15) is 4.79 Å². The van der Waals surface area contributed by atoms with Crippen LogP contribution in [0.25, 0.3) is 0 Å². The number of rotatable bonds is 5. The summed E-state index contributed by atoms with van der Waals surface area (Å²) in [5, 5.41) is 2.61. The van der Waals surface area contributed by atoms with Gasteiger partial charge >= 0.3 is 0 Å². The third-order valence-electron chi connectivity index (χ3n) is 1.29. The number of hydrogen-bond donors (Lipinski definition) is 1. The molecule has 1 amide bonds. The van der Waals surface area contributed by atoms with E-state index in [1.165, 1.54) is 20.3 Å². The number of nitrogens with one attached hydrogen (secondary N) is 1. The first kappa shape index (κ1) is 11.1. The van der Waals surface area contributed by atoms with E-state index in [1.807, 2.05) is 0 Å². The molecule has 0 heterocycles. The maximum absolute atomic E-state index is 10.9. The normalized spacial score (nSPS) is 11.0. The molecule has 1 N–H and O–H groups in total. The molecule has 0 atom stereocenters. The number of allylic oxidation sites excluding steroid dienone is 1. The average molecular weight is 173 g/mol. The molecule has 0 aliphatic rings. The summed E-state index contributed by atoms with van der Waals surface area (Å²) in [6.07, 6.45) is 2.74. The summed E-state index contributed by atoms with van der Waals surface area (Å²) < 4.78 is 9.73. The van der Waals surface area contributed by atoms with Crippen molar-refractivity contribution in [3.63, 3.8) is 0 Å². The lowest BCUT2D eigenvalue weighted by atomic mass is 10.5. The monoisotopic (exact) mass is 173 g/mol. The molecule has 0 fully saturated rings. The zero-order valence-corrected chi connectivity index (χ0v) is 7.66. The van der Waals surface area contributed by atoms with E-state index in [-0.39, 0.29) is 12.2 Å². The minimum atomic E-state index is -0.376. The highest BCUT2D eigenvalue weighted by atomic mass is 16.7. The molecule has 70 valence electrons. The molecule has 0 saturated heterocycles. The molecule has 0 radical (unpaired) electrons. The van der Waals surface area contributed by atoms with Crippen molar-refractivity contribution in [3.8, 4) is 0 Å². The van der Waals surface area contributed by atoms with Gasteiger partial charge in [-0.05, 0) is 13.0 Å². The van der Waals surface area contributed by atoms with Crippen molar-refractivity contribution in [2.24, 2.45) is 0 Å². The highest BCUT2D eigenvalue weighted by molar-refractivity contribution is 5.87. The number of methoxy groups -OCH3 is 2. The second-order valence-corrected chi connectivity index (χ2v) is 2.15. The summed E-state index contributed by atoms with van der Waals surface area (Å²) in [7, 11) is 3.05. The van der Waals surface area contributed by atoms with Gasteiger partial charge in [0.2, 0.25) is 5.91 Å². The summed E-state index contributed by atoms with van der Waals surface area (Å²) in [5.41, 5.74) is 0. The van der Waals surface area contributed by atoms with Crippen LogP contribution in [0.1, 0.15) is 6.92 Å². The molecule has 4 heteroatoms. The first-order valence-electron chi connectivity index (χ1n) is 3.70. The van der Waals surface area contributed by atoms with Gasteiger partial charge < -0.3 is 14.8 Å². The second-order valence-electron chi connectivity index (χ2n) is 2.15. The van der Waals surface area contributed by atoms with E-state index < -0.39 is 0 Å². The van der Waals surface area contributed by atoms with E-state index in [1.54, 1.807) is 13.0 Å². The highest BCUT2D eigenvalue weighted by Crippen LogP contribution is 1.87. The van der Waals surface area contributed by atoms with Gasteiger partial charge in [-0.25, -0.2) is 0 Å². The quantitative estimate of drug-likeness (QED) is 0.480. The third kappa shape index (κ3) is 4.87. The molecule has 0 aromatic heterocycles. The lowest BCUT2D eigenvalue weighted by molar-refractivity contribution is -0.123. The molecule has 0 spiro atoms. The van der Waals surface area contributed by atoms with Crippen molar-refractivity contribution < 1.29 is 14.3 Å². The van der Waals surface area contributed by atoms with Crippen LogP contribution in [0, 0.1) is 0 Å². The number of hydrogen-bond acceptors (Lipinski definition) is 3. The molecule has 0 aromatic rings. The van der Waals surface area contributed by atoms with E-state index in [0.29, 0.717) is 6.54 Å². The summed E-state index contributed by atoms with van der Waals surface area (Å²) in [6, 6.07) is 0. The van der Waals surface area contributed by atoms with Crippen LogP contribution < -0.4 is 5.32 Å². The molecule has 0 saturated carbocycles. The highest BCUT2D eigenvalue weighted by Gasteiger charge is 2.04. The van der Waals surface area contributed by atoms with Gasteiger partial charge in [0.15, 0.2) is 6.29 Å². The molecule has 0 bridgehead atoms. The van der Waals surface area contributed by atoms with Crippen molar-refractivity contribution in [2.45, 2.75) is 13.2 Å². The Kier molecular flexibility index (Phi) is 6.32. The first-order valence-corrected chi connectivity index (χ1v) is 3.70. The van der Waals surface area contributed by atoms with Crippen LogP contribution in [0.4, 0.5) is 0 Å². The van der Waals surface area contributed by atoms with Crippen LogP contribution in [0.2, 0.25) is 0 Å². The maximum atomic E-state index is 10.9. The van der Waals surface area contributed by atoms with Crippen LogP contribution in [-0.4, -0.2) is 33.0 Å². The van der Waals surface area contributed by atoms with E-state index >= 15 is 0 Å². The maximum Gasteiger partial charge on any atom is 0.243 e. The van der Waals surface area contributed by atoms with Gasteiger partial charge in [0.05, 0.1) is 6.54 Å². The minimum Gasteiger partial charge on any atom is -0.354 e. The molecule has 12 heavy (non-hydrogen) atoms.